The molecule has 1 aromatic carbocycles. The number of allylic oxidation sites excluding steroid dienone is 1. The third-order valence-corrected chi connectivity index (χ3v) is 5.15. The van der Waals surface area contributed by atoms with Crippen molar-refractivity contribution in [3.63, 3.8) is 0 Å². The van der Waals surface area contributed by atoms with Gasteiger partial charge in [-0.1, -0.05) is 18.2 Å². The summed E-state index contributed by atoms with van der Waals surface area (Å²) in [7, 11) is 0. The quantitative estimate of drug-likeness (QED) is 0.536. The van der Waals surface area contributed by atoms with Crippen molar-refractivity contribution in [2.24, 2.45) is 11.3 Å². The number of hydrogen-bond acceptors (Lipinski definition) is 6. The fraction of sp³-hybridized carbons (Fsp3) is 0.333. The maximum atomic E-state index is 11.4. The minimum atomic E-state index is -0.543. The van der Waals surface area contributed by atoms with Gasteiger partial charge in [0.2, 0.25) is 0 Å². The Bertz CT molecular complexity index is 849. The number of carbonyl (C=O) groups is 4. The van der Waals surface area contributed by atoms with E-state index in [0.717, 1.165) is 24.8 Å². The van der Waals surface area contributed by atoms with Gasteiger partial charge in [-0.2, -0.15) is 0 Å². The Morgan fingerprint density at radius 1 is 1.04 bits per heavy atom. The zero-order valence-electron chi connectivity index (χ0n) is 13.0. The van der Waals surface area contributed by atoms with Gasteiger partial charge >= 0.3 is 23.9 Å². The molecule has 0 aromatic heterocycles. The summed E-state index contributed by atoms with van der Waals surface area (Å²) >= 11 is 0. The van der Waals surface area contributed by atoms with E-state index in [2.05, 4.69) is 9.47 Å². The first-order valence-electron chi connectivity index (χ1n) is 7.77. The molecule has 1 saturated carbocycles. The summed E-state index contributed by atoms with van der Waals surface area (Å²) in [5, 5.41) is 0. The van der Waals surface area contributed by atoms with Gasteiger partial charge in [0.1, 0.15) is 5.41 Å². The van der Waals surface area contributed by atoms with Crippen LogP contribution in [0.4, 0.5) is 0 Å². The lowest BCUT2D eigenvalue weighted by atomic mass is 9.82. The van der Waals surface area contributed by atoms with Crippen LogP contribution in [0.25, 0.3) is 0 Å². The Labute approximate surface area is 137 Å². The van der Waals surface area contributed by atoms with Gasteiger partial charge in [-0.3, -0.25) is 4.79 Å². The van der Waals surface area contributed by atoms with Gasteiger partial charge in [-0.05, 0) is 43.7 Å². The van der Waals surface area contributed by atoms with Gasteiger partial charge in [-0.15, -0.1) is 0 Å². The summed E-state index contributed by atoms with van der Waals surface area (Å²) in [5.74, 6) is -1.33. The molecule has 2 aliphatic heterocycles. The molecule has 2 bridgehead atoms. The Balaban J connectivity index is 0.000000121. The number of ether oxygens (including phenoxy) is 2. The van der Waals surface area contributed by atoms with Gasteiger partial charge in [0.15, 0.2) is 0 Å². The number of benzene rings is 1. The lowest BCUT2D eigenvalue weighted by Gasteiger charge is -2.14. The van der Waals surface area contributed by atoms with Crippen molar-refractivity contribution in [2.75, 3.05) is 0 Å². The minimum absolute atomic E-state index is 0.307. The Kier molecular flexibility index (Phi) is 3.00. The predicted octanol–water partition coefficient (Wildman–Crippen LogP) is 2.10. The van der Waals surface area contributed by atoms with Crippen molar-refractivity contribution in [3.05, 3.63) is 46.5 Å². The average Bonchev–Trinajstić information content (AvgIpc) is 3.25. The highest BCUT2D eigenvalue weighted by molar-refractivity contribution is 6.15. The van der Waals surface area contributed by atoms with Crippen LogP contribution in [0.2, 0.25) is 0 Å². The van der Waals surface area contributed by atoms with E-state index in [9.17, 15) is 19.2 Å². The van der Waals surface area contributed by atoms with Crippen molar-refractivity contribution in [2.45, 2.75) is 26.2 Å². The highest BCUT2D eigenvalue weighted by Crippen LogP contribution is 2.57. The molecule has 0 amide bonds. The number of hydrogen-bond donors (Lipinski definition) is 0. The second kappa shape index (κ2) is 4.87. The van der Waals surface area contributed by atoms with E-state index in [1.165, 1.54) is 0 Å². The van der Waals surface area contributed by atoms with Crippen molar-refractivity contribution < 1.29 is 28.7 Å². The van der Waals surface area contributed by atoms with Gasteiger partial charge in [-0.25, -0.2) is 14.4 Å². The molecule has 2 aliphatic carbocycles. The van der Waals surface area contributed by atoms with E-state index in [4.69, 9.17) is 0 Å². The van der Waals surface area contributed by atoms with Crippen LogP contribution in [0.5, 0.6) is 0 Å². The average molecular weight is 326 g/mol. The normalized spacial score (nSPS) is 28.7. The molecule has 6 heteroatoms. The number of rotatable bonds is 0. The van der Waals surface area contributed by atoms with Gasteiger partial charge in [0, 0.05) is 0 Å². The number of aryl methyl sites for hydroxylation is 1. The van der Waals surface area contributed by atoms with Crippen molar-refractivity contribution in [1.29, 1.82) is 0 Å². The zero-order chi connectivity index (χ0) is 17.1. The van der Waals surface area contributed by atoms with E-state index >= 15 is 0 Å². The largest absolute Gasteiger partial charge is 0.389 e. The highest BCUT2D eigenvalue weighted by atomic mass is 16.6. The molecule has 0 N–H and O–H groups in total. The Morgan fingerprint density at radius 2 is 1.83 bits per heavy atom. The van der Waals surface area contributed by atoms with Crippen LogP contribution in [-0.4, -0.2) is 23.9 Å². The topological polar surface area (TPSA) is 86.7 Å². The van der Waals surface area contributed by atoms with E-state index in [1.54, 1.807) is 25.1 Å². The molecular weight excluding hydrogens is 312 g/mol. The molecular formula is C18H14O6. The van der Waals surface area contributed by atoms with Crippen LogP contribution in [0.1, 0.15) is 45.5 Å². The fourth-order valence-corrected chi connectivity index (χ4v) is 3.96. The second-order valence-electron chi connectivity index (χ2n) is 6.52. The lowest BCUT2D eigenvalue weighted by Crippen LogP contribution is -2.22. The van der Waals surface area contributed by atoms with Crippen LogP contribution < -0.4 is 0 Å². The van der Waals surface area contributed by atoms with E-state index in [0.29, 0.717) is 22.6 Å². The first-order valence-corrected chi connectivity index (χ1v) is 7.77. The predicted molar refractivity (Wildman–Crippen MR) is 79.9 cm³/mol. The molecule has 2 unspecified atom stereocenters. The smallest absolute Gasteiger partial charge is 0.347 e. The summed E-state index contributed by atoms with van der Waals surface area (Å²) in [6, 6.07) is 5.10. The minimum Gasteiger partial charge on any atom is -0.389 e. The maximum absolute atomic E-state index is 11.4. The lowest BCUT2D eigenvalue weighted by molar-refractivity contribution is -0.155. The third kappa shape index (κ3) is 1.89. The Morgan fingerprint density at radius 3 is 2.50 bits per heavy atom. The molecule has 122 valence electrons. The van der Waals surface area contributed by atoms with E-state index in [1.807, 2.05) is 6.08 Å². The van der Waals surface area contributed by atoms with Crippen LogP contribution in [-0.2, 0) is 19.1 Å². The van der Waals surface area contributed by atoms with Crippen molar-refractivity contribution >= 4 is 23.9 Å². The molecule has 4 aliphatic rings. The molecule has 6 nitrogen and oxygen atoms in total. The first kappa shape index (κ1) is 14.8. The molecule has 1 spiro atoms. The van der Waals surface area contributed by atoms with Crippen LogP contribution in [0.15, 0.2) is 29.8 Å². The highest BCUT2D eigenvalue weighted by Gasteiger charge is 2.60. The zero-order valence-corrected chi connectivity index (χ0v) is 13.0. The number of carbonyl (C=O) groups excluding carboxylic acids is 4. The molecule has 24 heavy (non-hydrogen) atoms. The third-order valence-electron chi connectivity index (χ3n) is 5.15. The van der Waals surface area contributed by atoms with E-state index in [-0.39, 0.29) is 5.97 Å². The second-order valence-corrected chi connectivity index (χ2v) is 6.52. The van der Waals surface area contributed by atoms with Crippen molar-refractivity contribution in [3.8, 4) is 0 Å². The first-order chi connectivity index (χ1) is 11.4. The molecule has 2 atom stereocenters. The molecule has 5 rings (SSSR count). The van der Waals surface area contributed by atoms with Crippen molar-refractivity contribution in [1.82, 2.24) is 0 Å². The van der Waals surface area contributed by atoms with Crippen LogP contribution in [0, 0.1) is 18.3 Å². The SMILES string of the molecule is Cc1cccc2c1C(=O)OC2=O.O=C1OC(=O)C23CCC(C=C12)C3. The molecule has 2 fully saturated rings. The summed E-state index contributed by atoms with van der Waals surface area (Å²) < 4.78 is 9.04. The van der Waals surface area contributed by atoms with Gasteiger partial charge < -0.3 is 9.47 Å². The summed E-state index contributed by atoms with van der Waals surface area (Å²) in [6.45, 7) is 1.78. The fourth-order valence-electron chi connectivity index (χ4n) is 3.96. The molecule has 1 saturated heterocycles. The summed E-state index contributed by atoms with van der Waals surface area (Å²) in [4.78, 5) is 44.5. The molecule has 1 aromatic rings. The van der Waals surface area contributed by atoms with Crippen LogP contribution in [0.3, 0.4) is 0 Å². The monoisotopic (exact) mass is 326 g/mol. The van der Waals surface area contributed by atoms with Gasteiger partial charge in [0.25, 0.3) is 0 Å². The van der Waals surface area contributed by atoms with Gasteiger partial charge in [0.05, 0.1) is 16.7 Å². The standard InChI is InChI=1S/C9H8O3.C9H6O3/c10-7-6-3-5-1-2-9(6,4-5)8(11)12-7;1-5-3-2-4-6-7(5)9(11)12-8(6)10/h3,5H,1-2,4H2;2-4H,1H3. The van der Waals surface area contributed by atoms with Crippen LogP contribution >= 0.6 is 0 Å². The summed E-state index contributed by atoms with van der Waals surface area (Å²) in [6.07, 6.45) is 4.59. The molecule has 2 heterocycles. The van der Waals surface area contributed by atoms with E-state index < -0.39 is 23.3 Å². The number of esters is 4. The summed E-state index contributed by atoms with van der Waals surface area (Å²) in [5.41, 5.74) is 1.71. The Hall–Kier alpha value is -2.76. The molecule has 0 radical (unpaired) electrons. The number of fused-ring (bicyclic) bond motifs is 2. The number of cyclic esters (lactones) is 4. The maximum Gasteiger partial charge on any atom is 0.347 e.